The summed E-state index contributed by atoms with van der Waals surface area (Å²) < 4.78 is 47.1. The number of thioether (sulfide) groups is 1. The van der Waals surface area contributed by atoms with Gasteiger partial charge < -0.3 is 37.9 Å². The SMILES string of the molecule is COCOc1c(OC)c(C)cc2c1[C@@H]1C3[C@@H]4SCC(OC(C)=O)C(=O)OC[C@@H](c5c6c(c(C)c(OC(C)=O)c54)OCO6)N3[C@@H](C#N)[C@H](C2)N1C. The fourth-order valence-electron chi connectivity index (χ4n) is 8.47. The van der Waals surface area contributed by atoms with Gasteiger partial charge in [0.15, 0.2) is 29.8 Å². The fraction of sp³-hybridized carbons (Fsp3) is 0.543. The predicted octanol–water partition coefficient (Wildman–Crippen LogP) is 3.44. The monoisotopic (exact) mass is 709 g/mol. The Morgan fingerprint density at radius 1 is 1.04 bits per heavy atom. The van der Waals surface area contributed by atoms with Gasteiger partial charge in [-0.25, -0.2) is 4.79 Å². The number of esters is 3. The van der Waals surface area contributed by atoms with Crippen molar-refractivity contribution in [3.05, 3.63) is 39.4 Å². The van der Waals surface area contributed by atoms with Crippen LogP contribution >= 0.6 is 11.8 Å². The molecule has 4 bridgehead atoms. The molecule has 14 nitrogen and oxygen atoms in total. The first-order chi connectivity index (χ1) is 24.0. The molecule has 7 atom stereocenters. The number of nitriles is 1. The number of aryl methyl sites for hydroxylation is 1. The largest absolute Gasteiger partial charge is 0.493 e. The average molecular weight is 710 g/mol. The molecule has 2 aromatic rings. The number of likely N-dealkylation sites (N-methyl/N-ethyl adjacent to an activating group) is 1. The first-order valence-electron chi connectivity index (χ1n) is 16.3. The molecule has 2 unspecified atom stereocenters. The van der Waals surface area contributed by atoms with Crippen LogP contribution in [0.5, 0.6) is 28.7 Å². The van der Waals surface area contributed by atoms with Gasteiger partial charge in [0.25, 0.3) is 0 Å². The Labute approximate surface area is 293 Å². The number of rotatable bonds is 6. The molecular weight excluding hydrogens is 670 g/mol. The third-order valence-corrected chi connectivity index (χ3v) is 11.6. The average Bonchev–Trinajstić information content (AvgIpc) is 3.56. The van der Waals surface area contributed by atoms with Crippen LogP contribution in [0.2, 0.25) is 0 Å². The molecule has 15 heteroatoms. The number of carbonyl (C=O) groups excluding carboxylic acids is 3. The number of nitrogens with zero attached hydrogens (tertiary/aromatic N) is 3. The molecular formula is C35H39N3O11S. The minimum Gasteiger partial charge on any atom is -0.493 e. The molecule has 2 saturated heterocycles. The first-order valence-corrected chi connectivity index (χ1v) is 17.4. The summed E-state index contributed by atoms with van der Waals surface area (Å²) in [5.74, 6) is 0.508. The minimum atomic E-state index is -1.19. The van der Waals surface area contributed by atoms with Crippen LogP contribution in [0, 0.1) is 25.2 Å². The molecule has 50 heavy (non-hydrogen) atoms. The van der Waals surface area contributed by atoms with Crippen LogP contribution < -0.4 is 23.7 Å². The van der Waals surface area contributed by atoms with E-state index in [0.29, 0.717) is 51.9 Å². The van der Waals surface area contributed by atoms with Crippen molar-refractivity contribution in [3.8, 4) is 34.8 Å². The number of methoxy groups -OCH3 is 2. The normalized spacial score (nSPS) is 28.0. The van der Waals surface area contributed by atoms with Crippen LogP contribution in [0.1, 0.15) is 64.6 Å². The van der Waals surface area contributed by atoms with E-state index in [1.807, 2.05) is 20.9 Å². The predicted molar refractivity (Wildman–Crippen MR) is 176 cm³/mol. The number of hydrogen-bond acceptors (Lipinski definition) is 15. The molecule has 5 aliphatic heterocycles. The summed E-state index contributed by atoms with van der Waals surface area (Å²) in [5.41, 5.74) is 4.68. The van der Waals surface area contributed by atoms with E-state index in [4.69, 9.17) is 37.9 Å². The van der Waals surface area contributed by atoms with E-state index in [1.165, 1.54) is 25.6 Å². The van der Waals surface area contributed by atoms with E-state index >= 15 is 0 Å². The number of piperazine rings is 1. The lowest BCUT2D eigenvalue weighted by Crippen LogP contribution is -2.69. The van der Waals surface area contributed by atoms with Gasteiger partial charge in [-0.1, -0.05) is 6.07 Å². The van der Waals surface area contributed by atoms with E-state index in [1.54, 1.807) is 14.2 Å². The van der Waals surface area contributed by atoms with Gasteiger partial charge in [-0.2, -0.15) is 5.26 Å². The summed E-state index contributed by atoms with van der Waals surface area (Å²) in [6.45, 7) is 6.06. The topological polar surface area (TPSA) is 155 Å². The maximum Gasteiger partial charge on any atom is 0.348 e. The van der Waals surface area contributed by atoms with Crippen molar-refractivity contribution in [2.45, 2.75) is 75.7 Å². The summed E-state index contributed by atoms with van der Waals surface area (Å²) in [6.07, 6.45) is -0.655. The highest BCUT2D eigenvalue weighted by molar-refractivity contribution is 7.99. The number of carbonyl (C=O) groups is 3. The molecule has 2 fully saturated rings. The molecule has 0 amide bonds. The molecule has 0 aliphatic carbocycles. The van der Waals surface area contributed by atoms with Gasteiger partial charge in [-0.15, -0.1) is 11.8 Å². The minimum absolute atomic E-state index is 0.0236. The van der Waals surface area contributed by atoms with Crippen LogP contribution in [-0.4, -0.2) is 99.2 Å². The standard InChI is InChI=1S/C35H39N3O11S/c1-15-8-19-9-20-21(10-36)38-22-11-44-35(41)23(48-17(3)39)12-50-34(26-25(22)33-31(46-14-47-33)16(2)30(26)49-18(4)40)28(38)27(37(20)5)24(19)32(29(15)43-7)45-13-42-6/h8,20-23,27-28,34H,9,11-14H2,1-7H3/t20-,21-,22-,23?,27+,28?,34+/m0/s1. The van der Waals surface area contributed by atoms with Gasteiger partial charge in [0.05, 0.1) is 30.5 Å². The summed E-state index contributed by atoms with van der Waals surface area (Å²) in [6, 6.07) is 2.14. The zero-order valence-electron chi connectivity index (χ0n) is 28.9. The highest BCUT2D eigenvalue weighted by atomic mass is 32.2. The van der Waals surface area contributed by atoms with Crippen molar-refractivity contribution in [2.24, 2.45) is 0 Å². The molecule has 0 radical (unpaired) electrons. The van der Waals surface area contributed by atoms with Gasteiger partial charge in [0.2, 0.25) is 12.9 Å². The molecule has 0 spiro atoms. The Balaban J connectivity index is 1.54. The lowest BCUT2D eigenvalue weighted by Gasteiger charge is -2.61. The van der Waals surface area contributed by atoms with E-state index < -0.39 is 53.4 Å². The van der Waals surface area contributed by atoms with Crippen LogP contribution in [0.4, 0.5) is 0 Å². The van der Waals surface area contributed by atoms with Gasteiger partial charge in [-0.3, -0.25) is 19.4 Å². The maximum atomic E-state index is 13.5. The van der Waals surface area contributed by atoms with Crippen molar-refractivity contribution in [1.29, 1.82) is 5.26 Å². The quantitative estimate of drug-likeness (QED) is 0.244. The summed E-state index contributed by atoms with van der Waals surface area (Å²) in [5, 5.41) is 10.4. The molecule has 5 heterocycles. The van der Waals surface area contributed by atoms with Gasteiger partial charge in [-0.05, 0) is 38.4 Å². The molecule has 2 aromatic carbocycles. The first kappa shape index (κ1) is 34.2. The highest BCUT2D eigenvalue weighted by Gasteiger charge is 2.61. The zero-order chi connectivity index (χ0) is 35.6. The Kier molecular flexibility index (Phi) is 9.00. The third-order valence-electron chi connectivity index (χ3n) is 10.2. The summed E-state index contributed by atoms with van der Waals surface area (Å²) >= 11 is 1.37. The fourth-order valence-corrected chi connectivity index (χ4v) is 9.94. The Hall–Kier alpha value is -4.23. The molecule has 0 saturated carbocycles. The second kappa shape index (κ2) is 13.1. The van der Waals surface area contributed by atoms with Crippen LogP contribution in [-0.2, 0) is 35.0 Å². The zero-order valence-corrected chi connectivity index (χ0v) is 29.7. The molecule has 5 aliphatic rings. The Bertz CT molecular complexity index is 1810. The van der Waals surface area contributed by atoms with E-state index in [-0.39, 0.29) is 32.0 Å². The third kappa shape index (κ3) is 5.23. The van der Waals surface area contributed by atoms with Gasteiger partial charge in [0.1, 0.15) is 18.4 Å². The van der Waals surface area contributed by atoms with Crippen LogP contribution in [0.25, 0.3) is 0 Å². The second-order valence-electron chi connectivity index (χ2n) is 13.0. The molecule has 266 valence electrons. The van der Waals surface area contributed by atoms with E-state index in [2.05, 4.69) is 21.9 Å². The smallest absolute Gasteiger partial charge is 0.348 e. The van der Waals surface area contributed by atoms with Crippen molar-refractivity contribution in [2.75, 3.05) is 47.2 Å². The maximum absolute atomic E-state index is 13.5. The van der Waals surface area contributed by atoms with Crippen LogP contribution in [0.15, 0.2) is 6.07 Å². The lowest BCUT2D eigenvalue weighted by molar-refractivity contribution is -0.168. The van der Waals surface area contributed by atoms with Crippen molar-refractivity contribution >= 4 is 29.7 Å². The Morgan fingerprint density at radius 2 is 1.80 bits per heavy atom. The number of cyclic esters (lactones) is 1. The molecule has 0 N–H and O–H groups in total. The van der Waals surface area contributed by atoms with Crippen molar-refractivity contribution in [1.82, 2.24) is 9.80 Å². The summed E-state index contributed by atoms with van der Waals surface area (Å²) in [7, 11) is 5.15. The van der Waals surface area contributed by atoms with E-state index in [9.17, 15) is 19.6 Å². The summed E-state index contributed by atoms with van der Waals surface area (Å²) in [4.78, 5) is 42.7. The number of hydrogen-bond donors (Lipinski definition) is 0. The van der Waals surface area contributed by atoms with Crippen molar-refractivity contribution < 1.29 is 52.3 Å². The van der Waals surface area contributed by atoms with Crippen LogP contribution in [0.3, 0.4) is 0 Å². The molecule has 0 aromatic heterocycles. The van der Waals surface area contributed by atoms with Gasteiger partial charge >= 0.3 is 17.9 Å². The highest BCUT2D eigenvalue weighted by Crippen LogP contribution is 2.64. The lowest BCUT2D eigenvalue weighted by atomic mass is 9.71. The number of ether oxygens (including phenoxy) is 8. The molecule has 7 rings (SSSR count). The van der Waals surface area contributed by atoms with Gasteiger partial charge in [0, 0.05) is 61.0 Å². The second-order valence-corrected chi connectivity index (χ2v) is 14.2. The van der Waals surface area contributed by atoms with Crippen molar-refractivity contribution in [3.63, 3.8) is 0 Å². The number of fused-ring (bicyclic) bond motifs is 9. The number of benzene rings is 2. The van der Waals surface area contributed by atoms with E-state index in [0.717, 1.165) is 16.7 Å². The Morgan fingerprint density at radius 3 is 2.48 bits per heavy atom.